The minimum absolute atomic E-state index is 0.180. The van der Waals surface area contributed by atoms with Crippen molar-refractivity contribution in [2.75, 3.05) is 17.7 Å². The smallest absolute Gasteiger partial charge is 0.408 e. The molecule has 0 radical (unpaired) electrons. The third kappa shape index (κ3) is 6.13. The van der Waals surface area contributed by atoms with E-state index in [1.165, 1.54) is 6.08 Å². The van der Waals surface area contributed by atoms with Crippen LogP contribution in [0.4, 0.5) is 16.3 Å². The van der Waals surface area contributed by atoms with Gasteiger partial charge < -0.3 is 30.0 Å². The van der Waals surface area contributed by atoms with Gasteiger partial charge in [0.15, 0.2) is 5.82 Å². The molecule has 38 heavy (non-hydrogen) atoms. The predicted octanol–water partition coefficient (Wildman–Crippen LogP) is 4.45. The number of pyridine rings is 1. The number of aryl methyl sites for hydroxylation is 1. The second-order valence-electron chi connectivity index (χ2n) is 10.4. The number of nitrogens with one attached hydrogen (secondary N) is 3. The molecule has 1 aromatic carbocycles. The zero-order valence-corrected chi connectivity index (χ0v) is 22.4. The Morgan fingerprint density at radius 2 is 2.00 bits per heavy atom. The topological polar surface area (TPSA) is 126 Å². The molecule has 3 amide bonds. The van der Waals surface area contributed by atoms with E-state index >= 15 is 0 Å². The normalized spacial score (nSPS) is 17.4. The van der Waals surface area contributed by atoms with Crippen molar-refractivity contribution in [3.8, 4) is 0 Å². The predicted molar refractivity (Wildman–Crippen MR) is 146 cm³/mol. The molecule has 3 N–H and O–H groups in total. The Balaban J connectivity index is 1.43. The molecular formula is C28H33N5O5. The fourth-order valence-corrected chi connectivity index (χ4v) is 4.18. The van der Waals surface area contributed by atoms with Gasteiger partial charge in [-0.1, -0.05) is 18.2 Å². The molecule has 1 aliphatic rings. The highest BCUT2D eigenvalue weighted by Crippen LogP contribution is 2.27. The molecule has 2 atom stereocenters. The molecule has 3 aromatic rings. The Bertz CT molecular complexity index is 1400. The number of nitrogens with zero attached hydrogens (tertiary/aromatic N) is 2. The summed E-state index contributed by atoms with van der Waals surface area (Å²) < 4.78 is 11.1. The summed E-state index contributed by atoms with van der Waals surface area (Å²) in [7, 11) is 1.74. The van der Waals surface area contributed by atoms with Crippen molar-refractivity contribution in [1.82, 2.24) is 15.2 Å². The first-order valence-electron chi connectivity index (χ1n) is 12.4. The lowest BCUT2D eigenvalue weighted by Crippen LogP contribution is -2.52. The lowest BCUT2D eigenvalue weighted by atomic mass is 10.1. The van der Waals surface area contributed by atoms with Gasteiger partial charge in [-0.15, -0.1) is 0 Å². The number of aromatic nitrogens is 1. The van der Waals surface area contributed by atoms with Crippen molar-refractivity contribution in [2.45, 2.75) is 58.8 Å². The Kier molecular flexibility index (Phi) is 7.43. The van der Waals surface area contributed by atoms with E-state index < -0.39 is 29.7 Å². The van der Waals surface area contributed by atoms with Crippen molar-refractivity contribution < 1.29 is 23.5 Å². The van der Waals surface area contributed by atoms with Crippen LogP contribution < -0.4 is 16.0 Å². The number of para-hydroxylation sites is 1. The number of carbonyl (C=O) groups is 3. The largest absolute Gasteiger partial charge is 0.461 e. The number of hydrogen-bond donors (Lipinski definition) is 3. The minimum atomic E-state index is -0.879. The maximum Gasteiger partial charge on any atom is 0.408 e. The number of benzene rings is 1. The van der Waals surface area contributed by atoms with E-state index in [-0.39, 0.29) is 5.91 Å². The number of hydrogen-bond acceptors (Lipinski definition) is 7. The number of likely N-dealkylation sites (N-methyl/N-ethyl adjacent to an activating group) is 1. The summed E-state index contributed by atoms with van der Waals surface area (Å²) in [4.78, 5) is 43.8. The van der Waals surface area contributed by atoms with Gasteiger partial charge in [0.1, 0.15) is 23.0 Å². The minimum Gasteiger partial charge on any atom is -0.461 e. The molecule has 4 rings (SSSR count). The van der Waals surface area contributed by atoms with Gasteiger partial charge in [0.05, 0.1) is 11.7 Å². The van der Waals surface area contributed by atoms with Crippen molar-refractivity contribution in [2.24, 2.45) is 0 Å². The maximum atomic E-state index is 12.8. The molecule has 0 spiro atoms. The standard InChI is InChI=1S/C28H33N5O5/c1-16-24(31-27(36)38-28(3,4)5)26(35)32-25-21(30-16)13-18(14-29-25)11-12-23(34)33(6)15-20-17(2)37-22-10-8-7-9-19(20)22/h7-14,16,24,30H,15H2,1-6H3,(H,31,36)(H,29,32,35)/b12-11+/t16-,24+/m1/s1. The second-order valence-corrected chi connectivity index (χ2v) is 10.4. The molecule has 10 heteroatoms. The first kappa shape index (κ1) is 26.7. The molecule has 200 valence electrons. The number of fused-ring (bicyclic) bond motifs is 2. The fourth-order valence-electron chi connectivity index (χ4n) is 4.18. The van der Waals surface area contributed by atoms with Crippen molar-refractivity contribution in [3.63, 3.8) is 0 Å². The summed E-state index contributed by atoms with van der Waals surface area (Å²) in [5.41, 5.74) is 2.32. The van der Waals surface area contributed by atoms with Crippen LogP contribution in [0.15, 0.2) is 47.0 Å². The van der Waals surface area contributed by atoms with Crippen molar-refractivity contribution in [3.05, 3.63) is 59.5 Å². The summed E-state index contributed by atoms with van der Waals surface area (Å²) in [6, 6.07) is 8.21. The lowest BCUT2D eigenvalue weighted by molar-refractivity contribution is -0.125. The Labute approximate surface area is 221 Å². The number of furan rings is 1. The average molecular weight is 520 g/mol. The first-order chi connectivity index (χ1) is 17.9. The van der Waals surface area contributed by atoms with Gasteiger partial charge in [0.2, 0.25) is 11.8 Å². The Morgan fingerprint density at radius 3 is 2.74 bits per heavy atom. The van der Waals surface area contributed by atoms with Crippen LogP contribution in [-0.2, 0) is 20.9 Å². The number of alkyl carbamates (subject to hydrolysis) is 1. The molecule has 0 unspecified atom stereocenters. The molecule has 0 saturated heterocycles. The van der Waals surface area contributed by atoms with E-state index in [1.807, 2.05) is 31.2 Å². The highest BCUT2D eigenvalue weighted by Gasteiger charge is 2.32. The molecule has 3 heterocycles. The zero-order valence-electron chi connectivity index (χ0n) is 22.4. The van der Waals surface area contributed by atoms with E-state index in [4.69, 9.17) is 9.15 Å². The van der Waals surface area contributed by atoms with Crippen molar-refractivity contribution in [1.29, 1.82) is 0 Å². The van der Waals surface area contributed by atoms with E-state index in [9.17, 15) is 14.4 Å². The van der Waals surface area contributed by atoms with E-state index in [1.54, 1.807) is 58.0 Å². The van der Waals surface area contributed by atoms with E-state index in [2.05, 4.69) is 20.9 Å². The zero-order chi connectivity index (χ0) is 27.6. The van der Waals surface area contributed by atoms with Crippen LogP contribution >= 0.6 is 0 Å². The Morgan fingerprint density at radius 1 is 1.26 bits per heavy atom. The van der Waals surface area contributed by atoms with Gasteiger partial charge in [0, 0.05) is 36.8 Å². The monoisotopic (exact) mass is 519 g/mol. The summed E-state index contributed by atoms with van der Waals surface area (Å²) in [6.07, 6.45) is 4.02. The average Bonchev–Trinajstić information content (AvgIpc) is 3.09. The summed E-state index contributed by atoms with van der Waals surface area (Å²) in [5, 5.41) is 9.56. The molecule has 0 aliphatic carbocycles. The fraction of sp³-hybridized carbons (Fsp3) is 0.357. The van der Waals surface area contributed by atoms with Crippen LogP contribution in [0.1, 0.15) is 44.6 Å². The van der Waals surface area contributed by atoms with Gasteiger partial charge in [-0.2, -0.15) is 0 Å². The van der Waals surface area contributed by atoms with Crippen LogP contribution in [0.2, 0.25) is 0 Å². The van der Waals surface area contributed by atoms with Gasteiger partial charge >= 0.3 is 6.09 Å². The molecule has 1 aliphatic heterocycles. The number of carbonyl (C=O) groups excluding carboxylic acids is 3. The quantitative estimate of drug-likeness (QED) is 0.425. The SMILES string of the molecule is Cc1oc2ccccc2c1CN(C)C(=O)/C=C/c1cnc2c(c1)N[C@H](C)[C@H](NC(=O)OC(C)(C)C)C(=O)N2. The number of anilines is 2. The Hall–Kier alpha value is -4.34. The lowest BCUT2D eigenvalue weighted by Gasteiger charge is -2.25. The molecule has 0 bridgehead atoms. The molecule has 10 nitrogen and oxygen atoms in total. The summed E-state index contributed by atoms with van der Waals surface area (Å²) in [6.45, 7) is 9.33. The van der Waals surface area contributed by atoms with Gasteiger partial charge in [0.25, 0.3) is 0 Å². The third-order valence-electron chi connectivity index (χ3n) is 6.08. The second kappa shape index (κ2) is 10.6. The number of ether oxygens (including phenoxy) is 1. The van der Waals surface area contributed by atoms with Crippen LogP contribution in [0.25, 0.3) is 17.0 Å². The highest BCUT2D eigenvalue weighted by molar-refractivity contribution is 6.00. The van der Waals surface area contributed by atoms with Crippen LogP contribution in [0.5, 0.6) is 0 Å². The van der Waals surface area contributed by atoms with Crippen LogP contribution in [-0.4, -0.2) is 52.5 Å². The molecule has 2 aromatic heterocycles. The highest BCUT2D eigenvalue weighted by atomic mass is 16.6. The summed E-state index contributed by atoms with van der Waals surface area (Å²) >= 11 is 0. The molecular weight excluding hydrogens is 486 g/mol. The number of rotatable bonds is 5. The molecule has 0 fully saturated rings. The van der Waals surface area contributed by atoms with E-state index in [0.29, 0.717) is 23.6 Å². The van der Waals surface area contributed by atoms with Gasteiger partial charge in [-0.05, 0) is 58.4 Å². The van der Waals surface area contributed by atoms with E-state index in [0.717, 1.165) is 22.3 Å². The van der Waals surface area contributed by atoms with Gasteiger partial charge in [-0.25, -0.2) is 9.78 Å². The van der Waals surface area contributed by atoms with Crippen LogP contribution in [0.3, 0.4) is 0 Å². The number of amides is 3. The maximum absolute atomic E-state index is 12.8. The summed E-state index contributed by atoms with van der Waals surface area (Å²) in [5.74, 6) is 0.523. The van der Waals surface area contributed by atoms with Crippen LogP contribution in [0, 0.1) is 6.92 Å². The van der Waals surface area contributed by atoms with Crippen molar-refractivity contribution >= 4 is 46.5 Å². The molecule has 0 saturated carbocycles. The first-order valence-corrected chi connectivity index (χ1v) is 12.4. The third-order valence-corrected chi connectivity index (χ3v) is 6.08. The van der Waals surface area contributed by atoms with Gasteiger partial charge in [-0.3, -0.25) is 9.59 Å².